The summed E-state index contributed by atoms with van der Waals surface area (Å²) in [5, 5.41) is 5.94. The summed E-state index contributed by atoms with van der Waals surface area (Å²) in [6.07, 6.45) is 3.64. The minimum absolute atomic E-state index is 0.106. The fourth-order valence-corrected chi connectivity index (χ4v) is 3.30. The number of ether oxygens (including phenoxy) is 1. The number of nitrogens with one attached hydrogen (secondary N) is 2. The lowest BCUT2D eigenvalue weighted by molar-refractivity contribution is 0.129. The third-order valence-corrected chi connectivity index (χ3v) is 4.52. The molecule has 6 heteroatoms. The lowest BCUT2D eigenvalue weighted by Gasteiger charge is -2.29. The number of aryl methyl sites for hydroxylation is 3. The predicted octanol–water partition coefficient (Wildman–Crippen LogP) is 3.91. The minimum atomic E-state index is -0.155. The molecule has 1 aliphatic rings. The molecule has 2 aromatic rings. The molecule has 1 aromatic carbocycles. The van der Waals surface area contributed by atoms with Gasteiger partial charge in [0.1, 0.15) is 6.10 Å². The summed E-state index contributed by atoms with van der Waals surface area (Å²) in [4.78, 5) is 20.8. The van der Waals surface area contributed by atoms with Crippen LogP contribution >= 0.6 is 0 Å². The first-order chi connectivity index (χ1) is 12.5. The molecule has 0 unspecified atom stereocenters. The van der Waals surface area contributed by atoms with Gasteiger partial charge in [-0.2, -0.15) is 0 Å². The van der Waals surface area contributed by atoms with Gasteiger partial charge < -0.3 is 15.4 Å². The molecule has 2 N–H and O–H groups in total. The highest BCUT2D eigenvalue weighted by Gasteiger charge is 2.24. The number of aromatic nitrogens is 2. The first kappa shape index (κ1) is 18.2. The van der Waals surface area contributed by atoms with Gasteiger partial charge in [0.15, 0.2) is 0 Å². The van der Waals surface area contributed by atoms with Crippen LogP contribution in [0.1, 0.15) is 42.6 Å². The zero-order chi connectivity index (χ0) is 18.5. The van der Waals surface area contributed by atoms with Gasteiger partial charge >= 0.3 is 12.0 Å². The number of rotatable bonds is 4. The van der Waals surface area contributed by atoms with Crippen molar-refractivity contribution in [2.75, 3.05) is 5.32 Å². The normalized spacial score (nSPS) is 19.7. The highest BCUT2D eigenvalue weighted by atomic mass is 16.5. The Balaban J connectivity index is 1.45. The van der Waals surface area contributed by atoms with Crippen LogP contribution < -0.4 is 15.4 Å². The van der Waals surface area contributed by atoms with Crippen molar-refractivity contribution in [1.82, 2.24) is 15.3 Å². The Morgan fingerprint density at radius 2 is 1.73 bits per heavy atom. The summed E-state index contributed by atoms with van der Waals surface area (Å²) in [5.74, 6) is 0. The standard InChI is InChI=1S/C20H26N4O2/c1-13-5-4-6-17(11-13)24-19(25)23-16-7-9-18(10-8-16)26-20-21-14(2)12-15(3)22-20/h4-6,11-12,16,18H,7-10H2,1-3H3,(H2,23,24,25). The number of hydrogen-bond acceptors (Lipinski definition) is 4. The molecule has 0 atom stereocenters. The molecule has 6 nitrogen and oxygen atoms in total. The molecular formula is C20H26N4O2. The third kappa shape index (κ3) is 5.18. The van der Waals surface area contributed by atoms with E-state index < -0.39 is 0 Å². The van der Waals surface area contributed by atoms with Crippen LogP contribution in [-0.2, 0) is 0 Å². The van der Waals surface area contributed by atoms with Crippen LogP contribution in [0.4, 0.5) is 10.5 Å². The van der Waals surface area contributed by atoms with E-state index in [1.54, 1.807) is 0 Å². The van der Waals surface area contributed by atoms with E-state index in [0.29, 0.717) is 6.01 Å². The van der Waals surface area contributed by atoms with Gasteiger partial charge in [0.25, 0.3) is 0 Å². The molecule has 0 saturated heterocycles. The zero-order valence-electron chi connectivity index (χ0n) is 15.6. The molecule has 0 spiro atoms. The summed E-state index contributed by atoms with van der Waals surface area (Å²) in [5.41, 5.74) is 3.76. The monoisotopic (exact) mass is 354 g/mol. The molecule has 0 aliphatic heterocycles. The molecule has 1 aromatic heterocycles. The van der Waals surface area contributed by atoms with Gasteiger partial charge in [0, 0.05) is 23.1 Å². The highest BCUT2D eigenvalue weighted by molar-refractivity contribution is 5.89. The fourth-order valence-electron chi connectivity index (χ4n) is 3.30. The number of amides is 2. The van der Waals surface area contributed by atoms with Crippen molar-refractivity contribution in [2.24, 2.45) is 0 Å². The van der Waals surface area contributed by atoms with Gasteiger partial charge in [0.05, 0.1) is 0 Å². The Morgan fingerprint density at radius 1 is 1.04 bits per heavy atom. The van der Waals surface area contributed by atoms with E-state index >= 15 is 0 Å². The van der Waals surface area contributed by atoms with E-state index in [1.807, 2.05) is 51.1 Å². The Hall–Kier alpha value is -2.63. The van der Waals surface area contributed by atoms with E-state index in [1.165, 1.54) is 0 Å². The van der Waals surface area contributed by atoms with Crippen molar-refractivity contribution in [3.8, 4) is 6.01 Å². The molecule has 26 heavy (non-hydrogen) atoms. The van der Waals surface area contributed by atoms with Crippen LogP contribution in [0.25, 0.3) is 0 Å². The van der Waals surface area contributed by atoms with Crippen LogP contribution in [-0.4, -0.2) is 28.1 Å². The molecule has 0 radical (unpaired) electrons. The van der Waals surface area contributed by atoms with Crippen LogP contribution in [0, 0.1) is 20.8 Å². The van der Waals surface area contributed by atoms with Gasteiger partial charge in [-0.15, -0.1) is 0 Å². The van der Waals surface area contributed by atoms with Crippen molar-refractivity contribution >= 4 is 11.7 Å². The van der Waals surface area contributed by atoms with E-state index in [9.17, 15) is 4.79 Å². The molecule has 1 saturated carbocycles. The molecule has 1 heterocycles. The average Bonchev–Trinajstić information content (AvgIpc) is 2.55. The third-order valence-electron chi connectivity index (χ3n) is 4.52. The van der Waals surface area contributed by atoms with Gasteiger partial charge in [-0.25, -0.2) is 14.8 Å². The van der Waals surface area contributed by atoms with Crippen LogP contribution in [0.15, 0.2) is 30.3 Å². The van der Waals surface area contributed by atoms with E-state index in [0.717, 1.165) is 48.3 Å². The second-order valence-corrected chi connectivity index (χ2v) is 6.99. The van der Waals surface area contributed by atoms with Crippen molar-refractivity contribution in [1.29, 1.82) is 0 Å². The van der Waals surface area contributed by atoms with Crippen LogP contribution in [0.5, 0.6) is 6.01 Å². The SMILES string of the molecule is Cc1cccc(NC(=O)NC2CCC(Oc3nc(C)cc(C)n3)CC2)c1. The summed E-state index contributed by atoms with van der Waals surface area (Å²) < 4.78 is 5.93. The fraction of sp³-hybridized carbons (Fsp3) is 0.450. The summed E-state index contributed by atoms with van der Waals surface area (Å²) in [7, 11) is 0. The summed E-state index contributed by atoms with van der Waals surface area (Å²) in [6.45, 7) is 5.88. The number of anilines is 1. The number of carbonyl (C=O) groups excluding carboxylic acids is 1. The smallest absolute Gasteiger partial charge is 0.319 e. The van der Waals surface area contributed by atoms with E-state index in [2.05, 4.69) is 20.6 Å². The second-order valence-electron chi connectivity index (χ2n) is 6.99. The van der Waals surface area contributed by atoms with Gasteiger partial charge in [-0.3, -0.25) is 0 Å². The molecule has 2 amide bonds. The maximum Gasteiger partial charge on any atom is 0.319 e. The quantitative estimate of drug-likeness (QED) is 0.873. The number of hydrogen-bond donors (Lipinski definition) is 2. The van der Waals surface area contributed by atoms with Gasteiger partial charge in [0.2, 0.25) is 0 Å². The van der Waals surface area contributed by atoms with Crippen LogP contribution in [0.2, 0.25) is 0 Å². The molecule has 138 valence electrons. The molecular weight excluding hydrogens is 328 g/mol. The number of urea groups is 1. The maximum atomic E-state index is 12.2. The Labute approximate surface area is 154 Å². The first-order valence-electron chi connectivity index (χ1n) is 9.11. The lowest BCUT2D eigenvalue weighted by atomic mass is 9.93. The number of nitrogens with zero attached hydrogens (tertiary/aromatic N) is 2. The highest BCUT2D eigenvalue weighted by Crippen LogP contribution is 2.22. The van der Waals surface area contributed by atoms with E-state index in [-0.39, 0.29) is 18.2 Å². The largest absolute Gasteiger partial charge is 0.460 e. The molecule has 1 aliphatic carbocycles. The maximum absolute atomic E-state index is 12.2. The first-order valence-corrected chi connectivity index (χ1v) is 9.11. The lowest BCUT2D eigenvalue weighted by Crippen LogP contribution is -2.41. The average molecular weight is 354 g/mol. The van der Waals surface area contributed by atoms with Gasteiger partial charge in [-0.05, 0) is 70.2 Å². The Bertz CT molecular complexity index is 750. The van der Waals surface area contributed by atoms with Crippen molar-refractivity contribution in [3.05, 3.63) is 47.3 Å². The van der Waals surface area contributed by atoms with E-state index in [4.69, 9.17) is 4.74 Å². The second kappa shape index (κ2) is 8.17. The molecule has 1 fully saturated rings. The van der Waals surface area contributed by atoms with Crippen molar-refractivity contribution in [3.63, 3.8) is 0 Å². The summed E-state index contributed by atoms with van der Waals surface area (Å²) in [6, 6.07) is 10.2. The zero-order valence-corrected chi connectivity index (χ0v) is 15.6. The van der Waals surface area contributed by atoms with Crippen molar-refractivity contribution < 1.29 is 9.53 Å². The summed E-state index contributed by atoms with van der Waals surface area (Å²) >= 11 is 0. The van der Waals surface area contributed by atoms with Gasteiger partial charge in [-0.1, -0.05) is 12.1 Å². The molecule has 0 bridgehead atoms. The van der Waals surface area contributed by atoms with Crippen LogP contribution in [0.3, 0.4) is 0 Å². The van der Waals surface area contributed by atoms with Crippen molar-refractivity contribution in [2.45, 2.75) is 58.6 Å². The Morgan fingerprint density at radius 3 is 2.38 bits per heavy atom. The number of benzene rings is 1. The predicted molar refractivity (Wildman–Crippen MR) is 102 cm³/mol. The molecule has 3 rings (SSSR count). The Kier molecular flexibility index (Phi) is 5.71. The minimum Gasteiger partial charge on any atom is -0.460 e. The number of carbonyl (C=O) groups is 1. The topological polar surface area (TPSA) is 76.1 Å².